The van der Waals surface area contributed by atoms with Crippen LogP contribution in [0, 0.1) is 11.6 Å². The van der Waals surface area contributed by atoms with E-state index in [1.807, 2.05) is 30.3 Å². The van der Waals surface area contributed by atoms with E-state index in [9.17, 15) is 18.4 Å². The van der Waals surface area contributed by atoms with Gasteiger partial charge in [0.05, 0.1) is 0 Å². The maximum absolute atomic E-state index is 13.4. The van der Waals surface area contributed by atoms with E-state index >= 15 is 0 Å². The molecule has 8 heteroatoms. The summed E-state index contributed by atoms with van der Waals surface area (Å²) in [5.74, 6) is -1.47. The van der Waals surface area contributed by atoms with E-state index in [1.54, 1.807) is 29.2 Å². The molecule has 0 bridgehead atoms. The molecular formula is C26H25F2N3O3. The van der Waals surface area contributed by atoms with Gasteiger partial charge in [-0.1, -0.05) is 36.4 Å². The molecule has 1 saturated heterocycles. The van der Waals surface area contributed by atoms with E-state index in [2.05, 4.69) is 10.6 Å². The standard InChI is InChI=1S/C26H25F2N3O3/c27-20-14-21(28)16-24(15-20)34-23-9-11-31(12-10-23)26(33)30-22-8-4-7-19(13-22)25(32)29-17-18-5-2-1-3-6-18/h1-8,13-16,23H,9-12,17H2,(H,29,32)(H,30,33). The summed E-state index contributed by atoms with van der Waals surface area (Å²) in [6.07, 6.45) is 0.836. The van der Waals surface area contributed by atoms with Crippen LogP contribution in [0.3, 0.4) is 0 Å². The van der Waals surface area contributed by atoms with Crippen molar-refractivity contribution in [3.8, 4) is 5.75 Å². The first-order valence-electron chi connectivity index (χ1n) is 11.1. The van der Waals surface area contributed by atoms with E-state index in [4.69, 9.17) is 4.74 Å². The smallest absolute Gasteiger partial charge is 0.321 e. The van der Waals surface area contributed by atoms with Gasteiger partial charge in [0.15, 0.2) is 0 Å². The number of anilines is 1. The SMILES string of the molecule is O=C(NCc1ccccc1)c1cccc(NC(=O)N2CCC(Oc3cc(F)cc(F)c3)CC2)c1. The van der Waals surface area contributed by atoms with Gasteiger partial charge in [-0.15, -0.1) is 0 Å². The molecule has 0 spiro atoms. The van der Waals surface area contributed by atoms with E-state index in [-0.39, 0.29) is 23.8 Å². The van der Waals surface area contributed by atoms with Crippen molar-refractivity contribution in [2.45, 2.75) is 25.5 Å². The highest BCUT2D eigenvalue weighted by Gasteiger charge is 2.24. The van der Waals surface area contributed by atoms with Gasteiger partial charge in [0.25, 0.3) is 5.91 Å². The van der Waals surface area contributed by atoms with Crippen molar-refractivity contribution < 1.29 is 23.1 Å². The number of carbonyl (C=O) groups is 2. The second kappa shape index (κ2) is 10.8. The van der Waals surface area contributed by atoms with Gasteiger partial charge in [-0.05, 0) is 23.8 Å². The number of benzene rings is 3. The Labute approximate surface area is 196 Å². The average molecular weight is 466 g/mol. The predicted octanol–water partition coefficient (Wildman–Crippen LogP) is 4.97. The third-order valence-electron chi connectivity index (χ3n) is 5.54. The van der Waals surface area contributed by atoms with Crippen LogP contribution >= 0.6 is 0 Å². The number of nitrogens with one attached hydrogen (secondary N) is 2. The van der Waals surface area contributed by atoms with Gasteiger partial charge in [-0.25, -0.2) is 13.6 Å². The first-order chi connectivity index (χ1) is 16.5. The topological polar surface area (TPSA) is 70.7 Å². The van der Waals surface area contributed by atoms with Gasteiger partial charge in [0, 0.05) is 61.9 Å². The number of nitrogens with zero attached hydrogens (tertiary/aromatic N) is 1. The molecule has 4 rings (SSSR count). The summed E-state index contributed by atoms with van der Waals surface area (Å²) in [7, 11) is 0. The Morgan fingerprint density at radius 3 is 2.32 bits per heavy atom. The van der Waals surface area contributed by atoms with Crippen LogP contribution in [0.2, 0.25) is 0 Å². The molecule has 1 aliphatic heterocycles. The van der Waals surface area contributed by atoms with Gasteiger partial charge < -0.3 is 20.3 Å². The lowest BCUT2D eigenvalue weighted by atomic mass is 10.1. The Morgan fingerprint density at radius 2 is 1.62 bits per heavy atom. The Morgan fingerprint density at radius 1 is 0.912 bits per heavy atom. The summed E-state index contributed by atoms with van der Waals surface area (Å²) in [6.45, 7) is 1.28. The number of carbonyl (C=O) groups excluding carboxylic acids is 2. The molecule has 6 nitrogen and oxygen atoms in total. The summed E-state index contributed by atoms with van der Waals surface area (Å²) < 4.78 is 32.4. The van der Waals surface area contributed by atoms with Crippen molar-refractivity contribution >= 4 is 17.6 Å². The minimum absolute atomic E-state index is 0.141. The van der Waals surface area contributed by atoms with Crippen molar-refractivity contribution in [2.75, 3.05) is 18.4 Å². The molecule has 0 aliphatic carbocycles. The van der Waals surface area contributed by atoms with E-state index < -0.39 is 11.6 Å². The zero-order valence-electron chi connectivity index (χ0n) is 18.5. The molecule has 0 aromatic heterocycles. The van der Waals surface area contributed by atoms with Gasteiger partial charge in [0.2, 0.25) is 0 Å². The molecule has 1 aliphatic rings. The van der Waals surface area contributed by atoms with Crippen LogP contribution in [0.15, 0.2) is 72.8 Å². The zero-order chi connectivity index (χ0) is 23.9. The third kappa shape index (κ3) is 6.31. The Balaban J connectivity index is 1.27. The van der Waals surface area contributed by atoms with Crippen molar-refractivity contribution in [2.24, 2.45) is 0 Å². The number of ether oxygens (including phenoxy) is 1. The number of amides is 3. The Hall–Kier alpha value is -3.94. The van der Waals surface area contributed by atoms with Gasteiger partial charge in [-0.3, -0.25) is 4.79 Å². The maximum atomic E-state index is 13.4. The number of piperidine rings is 1. The van der Waals surface area contributed by atoms with Crippen LogP contribution in [-0.4, -0.2) is 36.0 Å². The second-order valence-electron chi connectivity index (χ2n) is 8.09. The van der Waals surface area contributed by atoms with Crippen molar-refractivity contribution in [1.82, 2.24) is 10.2 Å². The normalized spacial score (nSPS) is 13.9. The van der Waals surface area contributed by atoms with Crippen molar-refractivity contribution in [1.29, 1.82) is 0 Å². The molecule has 3 amide bonds. The first kappa shape index (κ1) is 23.2. The molecule has 3 aromatic rings. The molecular weight excluding hydrogens is 440 g/mol. The second-order valence-corrected chi connectivity index (χ2v) is 8.09. The zero-order valence-corrected chi connectivity index (χ0v) is 18.5. The monoisotopic (exact) mass is 465 g/mol. The summed E-state index contributed by atoms with van der Waals surface area (Å²) >= 11 is 0. The Bertz CT molecular complexity index is 1130. The predicted molar refractivity (Wildman–Crippen MR) is 125 cm³/mol. The van der Waals surface area contributed by atoms with Gasteiger partial charge in [0.1, 0.15) is 23.5 Å². The number of urea groups is 1. The lowest BCUT2D eigenvalue weighted by Crippen LogP contribution is -2.43. The first-order valence-corrected chi connectivity index (χ1v) is 11.1. The van der Waals surface area contributed by atoms with Crippen LogP contribution in [-0.2, 0) is 6.54 Å². The molecule has 0 atom stereocenters. The van der Waals surface area contributed by atoms with Crippen LogP contribution < -0.4 is 15.4 Å². The lowest BCUT2D eigenvalue weighted by molar-refractivity contribution is 0.0950. The average Bonchev–Trinajstić information content (AvgIpc) is 2.83. The van der Waals surface area contributed by atoms with Gasteiger partial charge in [-0.2, -0.15) is 0 Å². The highest BCUT2D eigenvalue weighted by molar-refractivity contribution is 5.96. The number of rotatable bonds is 6. The molecule has 0 saturated carbocycles. The minimum Gasteiger partial charge on any atom is -0.490 e. The van der Waals surface area contributed by atoms with Crippen LogP contribution in [0.1, 0.15) is 28.8 Å². The molecule has 34 heavy (non-hydrogen) atoms. The fourth-order valence-corrected chi connectivity index (χ4v) is 3.79. The fraction of sp³-hybridized carbons (Fsp3) is 0.231. The van der Waals surface area contributed by atoms with Crippen molar-refractivity contribution in [3.05, 3.63) is 95.6 Å². The lowest BCUT2D eigenvalue weighted by Gasteiger charge is -2.32. The van der Waals surface area contributed by atoms with E-state index in [0.29, 0.717) is 43.7 Å². The Kier molecular flexibility index (Phi) is 7.37. The molecule has 1 fully saturated rings. The van der Waals surface area contributed by atoms with Crippen LogP contribution in [0.5, 0.6) is 5.75 Å². The van der Waals surface area contributed by atoms with Gasteiger partial charge >= 0.3 is 6.03 Å². The molecule has 176 valence electrons. The molecule has 3 aromatic carbocycles. The molecule has 1 heterocycles. The highest BCUT2D eigenvalue weighted by Crippen LogP contribution is 2.22. The summed E-state index contributed by atoms with van der Waals surface area (Å²) in [5.41, 5.74) is 1.96. The minimum atomic E-state index is -0.692. The summed E-state index contributed by atoms with van der Waals surface area (Å²) in [5, 5.41) is 5.70. The maximum Gasteiger partial charge on any atom is 0.321 e. The van der Waals surface area contributed by atoms with E-state index in [0.717, 1.165) is 23.8 Å². The third-order valence-corrected chi connectivity index (χ3v) is 5.54. The number of hydrogen-bond acceptors (Lipinski definition) is 3. The van der Waals surface area contributed by atoms with E-state index in [1.165, 1.54) is 0 Å². The number of hydrogen-bond donors (Lipinski definition) is 2. The molecule has 2 N–H and O–H groups in total. The highest BCUT2D eigenvalue weighted by atomic mass is 19.1. The van der Waals surface area contributed by atoms with Crippen LogP contribution in [0.25, 0.3) is 0 Å². The number of halogens is 2. The summed E-state index contributed by atoms with van der Waals surface area (Å²) in [6, 6.07) is 19.2. The largest absolute Gasteiger partial charge is 0.490 e. The van der Waals surface area contributed by atoms with Crippen molar-refractivity contribution in [3.63, 3.8) is 0 Å². The fourth-order valence-electron chi connectivity index (χ4n) is 3.79. The number of likely N-dealkylation sites (tertiary alicyclic amines) is 1. The quantitative estimate of drug-likeness (QED) is 0.540. The summed E-state index contributed by atoms with van der Waals surface area (Å²) in [4.78, 5) is 26.8. The molecule has 0 radical (unpaired) electrons. The van der Waals surface area contributed by atoms with Crippen LogP contribution in [0.4, 0.5) is 19.3 Å². The molecule has 0 unspecified atom stereocenters.